The van der Waals surface area contributed by atoms with E-state index in [9.17, 15) is 9.59 Å². The van der Waals surface area contributed by atoms with E-state index in [0.717, 1.165) is 60.2 Å². The smallest absolute Gasteiger partial charge is 0.414 e. The van der Waals surface area contributed by atoms with Gasteiger partial charge in [-0.1, -0.05) is 5.16 Å². The molecule has 2 heterocycles. The number of aromatic nitrogens is 1. The summed E-state index contributed by atoms with van der Waals surface area (Å²) in [5, 5.41) is 6.82. The Morgan fingerprint density at radius 2 is 2.11 bits per heavy atom. The molecule has 5 rings (SSSR count). The van der Waals surface area contributed by atoms with E-state index >= 15 is 0 Å². The number of rotatable bonds is 5. The summed E-state index contributed by atoms with van der Waals surface area (Å²) in [5.74, 6) is 1.43. The molecule has 7 nitrogen and oxygen atoms in total. The average molecular weight is 381 g/mol. The Morgan fingerprint density at radius 3 is 2.96 bits per heavy atom. The Morgan fingerprint density at radius 1 is 1.25 bits per heavy atom. The third-order valence-electron chi connectivity index (χ3n) is 5.75. The third-order valence-corrected chi connectivity index (χ3v) is 5.75. The van der Waals surface area contributed by atoms with Crippen molar-refractivity contribution in [1.82, 2.24) is 10.5 Å². The largest absolute Gasteiger partial charge is 0.442 e. The van der Waals surface area contributed by atoms with Crippen molar-refractivity contribution in [2.75, 3.05) is 18.0 Å². The van der Waals surface area contributed by atoms with Gasteiger partial charge in [0.15, 0.2) is 5.76 Å². The number of carbonyl (C=O) groups excluding carboxylic acids is 2. The van der Waals surface area contributed by atoms with Crippen LogP contribution >= 0.6 is 0 Å². The number of cyclic esters (lactones) is 1. The van der Waals surface area contributed by atoms with E-state index in [2.05, 4.69) is 10.5 Å². The van der Waals surface area contributed by atoms with Crippen LogP contribution in [0, 0.1) is 5.92 Å². The zero-order chi connectivity index (χ0) is 19.1. The summed E-state index contributed by atoms with van der Waals surface area (Å²) < 4.78 is 10.9. The predicted molar refractivity (Wildman–Crippen MR) is 102 cm³/mol. The third kappa shape index (κ3) is 3.37. The topological polar surface area (TPSA) is 84.7 Å². The summed E-state index contributed by atoms with van der Waals surface area (Å²) in [4.78, 5) is 25.9. The van der Waals surface area contributed by atoms with Crippen molar-refractivity contribution in [2.24, 2.45) is 5.92 Å². The van der Waals surface area contributed by atoms with Gasteiger partial charge >= 0.3 is 6.09 Å². The van der Waals surface area contributed by atoms with Crippen molar-refractivity contribution < 1.29 is 18.8 Å². The Kier molecular flexibility index (Phi) is 4.30. The SMILES string of the molecule is O=C(CC1CC1)NC[C@H]1CN(c2ccc3c(c2)CCCc2cnoc2-3)C(=O)O1. The zero-order valence-electron chi connectivity index (χ0n) is 15.6. The summed E-state index contributed by atoms with van der Waals surface area (Å²) in [5.41, 5.74) is 4.15. The number of amides is 2. The van der Waals surface area contributed by atoms with Crippen LogP contribution in [0.4, 0.5) is 10.5 Å². The number of hydrogen-bond acceptors (Lipinski definition) is 5. The van der Waals surface area contributed by atoms with E-state index < -0.39 is 0 Å². The lowest BCUT2D eigenvalue weighted by molar-refractivity contribution is -0.121. The van der Waals surface area contributed by atoms with Gasteiger partial charge in [0.2, 0.25) is 5.91 Å². The number of anilines is 1. The first kappa shape index (κ1) is 17.3. The lowest BCUT2D eigenvalue weighted by Gasteiger charge is -2.16. The van der Waals surface area contributed by atoms with Gasteiger partial charge in [-0.2, -0.15) is 0 Å². The summed E-state index contributed by atoms with van der Waals surface area (Å²) in [6, 6.07) is 5.96. The maximum absolute atomic E-state index is 12.4. The summed E-state index contributed by atoms with van der Waals surface area (Å²) in [6.07, 6.45) is 6.86. The second-order valence-electron chi connectivity index (χ2n) is 7.94. The van der Waals surface area contributed by atoms with E-state index in [1.807, 2.05) is 18.2 Å². The number of fused-ring (bicyclic) bond motifs is 3. The highest BCUT2D eigenvalue weighted by atomic mass is 16.6. The van der Waals surface area contributed by atoms with Gasteiger partial charge in [0.05, 0.1) is 19.3 Å². The zero-order valence-corrected chi connectivity index (χ0v) is 15.6. The number of benzene rings is 1. The highest BCUT2D eigenvalue weighted by molar-refractivity contribution is 5.90. The maximum Gasteiger partial charge on any atom is 0.414 e. The van der Waals surface area contributed by atoms with Crippen molar-refractivity contribution in [3.63, 3.8) is 0 Å². The van der Waals surface area contributed by atoms with Gasteiger partial charge in [0.25, 0.3) is 0 Å². The molecule has 1 N–H and O–H groups in total. The van der Waals surface area contributed by atoms with Crippen LogP contribution in [0.3, 0.4) is 0 Å². The van der Waals surface area contributed by atoms with E-state index in [0.29, 0.717) is 25.4 Å². The molecule has 3 aliphatic rings. The highest BCUT2D eigenvalue weighted by Crippen LogP contribution is 2.35. The minimum absolute atomic E-state index is 0.0462. The monoisotopic (exact) mass is 381 g/mol. The van der Waals surface area contributed by atoms with Crippen molar-refractivity contribution in [3.05, 3.63) is 35.5 Å². The van der Waals surface area contributed by atoms with Gasteiger partial charge < -0.3 is 14.6 Å². The Labute approximate surface area is 163 Å². The number of nitrogens with zero attached hydrogens (tertiary/aromatic N) is 2. The second kappa shape index (κ2) is 6.96. The predicted octanol–water partition coefficient (Wildman–Crippen LogP) is 3.07. The molecule has 2 fully saturated rings. The fourth-order valence-electron chi connectivity index (χ4n) is 4.03. The lowest BCUT2D eigenvalue weighted by atomic mass is 10.0. The Balaban J connectivity index is 1.28. The molecule has 28 heavy (non-hydrogen) atoms. The molecule has 0 bridgehead atoms. The van der Waals surface area contributed by atoms with Gasteiger partial charge in [0, 0.05) is 23.2 Å². The van der Waals surface area contributed by atoms with Crippen molar-refractivity contribution in [3.8, 4) is 11.3 Å². The Bertz CT molecular complexity index is 918. The van der Waals surface area contributed by atoms with Crippen LogP contribution in [0.5, 0.6) is 0 Å². The molecule has 1 saturated heterocycles. The van der Waals surface area contributed by atoms with Gasteiger partial charge in [-0.05, 0) is 61.8 Å². The molecule has 2 aliphatic carbocycles. The summed E-state index contributed by atoms with van der Waals surface area (Å²) >= 11 is 0. The van der Waals surface area contributed by atoms with Crippen LogP contribution in [0.1, 0.15) is 36.8 Å². The number of carbonyl (C=O) groups is 2. The van der Waals surface area contributed by atoms with Crippen LogP contribution < -0.4 is 10.2 Å². The van der Waals surface area contributed by atoms with E-state index in [4.69, 9.17) is 9.26 Å². The van der Waals surface area contributed by atoms with Crippen LogP contribution in [-0.2, 0) is 22.4 Å². The van der Waals surface area contributed by atoms with Gasteiger partial charge in [-0.3, -0.25) is 9.69 Å². The van der Waals surface area contributed by atoms with Gasteiger partial charge in [-0.25, -0.2) is 4.79 Å². The first-order chi connectivity index (χ1) is 13.7. The van der Waals surface area contributed by atoms with Crippen LogP contribution in [0.25, 0.3) is 11.3 Å². The summed E-state index contributed by atoms with van der Waals surface area (Å²) in [6.45, 7) is 0.801. The normalized spacial score (nSPS) is 20.9. The molecule has 1 aromatic heterocycles. The fraction of sp³-hybridized carbons (Fsp3) is 0.476. The number of nitrogens with one attached hydrogen (secondary N) is 1. The second-order valence-corrected chi connectivity index (χ2v) is 7.94. The number of ether oxygens (including phenoxy) is 1. The highest BCUT2D eigenvalue weighted by Gasteiger charge is 2.33. The standard InChI is InChI=1S/C21H23N3O4/c25-19(8-13-4-5-13)22-11-17-12-24(21(26)27-17)16-6-7-18-14(9-16)2-1-3-15-10-23-28-20(15)18/h6-7,9-10,13,17H,1-5,8,11-12H2,(H,22,25)/t17-/m0/s1. The van der Waals surface area contributed by atoms with Gasteiger partial charge in [0.1, 0.15) is 6.10 Å². The molecule has 0 spiro atoms. The molecule has 0 radical (unpaired) electrons. The lowest BCUT2D eigenvalue weighted by Crippen LogP contribution is -2.34. The minimum Gasteiger partial charge on any atom is -0.442 e. The molecule has 1 saturated carbocycles. The minimum atomic E-state index is -0.365. The number of aryl methyl sites for hydroxylation is 2. The quantitative estimate of drug-likeness (QED) is 0.860. The molecule has 1 aliphatic heterocycles. The van der Waals surface area contributed by atoms with Crippen LogP contribution in [0.15, 0.2) is 28.9 Å². The average Bonchev–Trinajstić information content (AvgIpc) is 3.29. The molecule has 1 atom stereocenters. The Hall–Kier alpha value is -2.83. The molecule has 146 valence electrons. The molecule has 1 aromatic carbocycles. The van der Waals surface area contributed by atoms with Crippen LogP contribution in [-0.4, -0.2) is 36.4 Å². The van der Waals surface area contributed by atoms with E-state index in [1.165, 1.54) is 0 Å². The fourth-order valence-corrected chi connectivity index (χ4v) is 4.03. The van der Waals surface area contributed by atoms with Crippen molar-refractivity contribution >= 4 is 17.7 Å². The number of hydrogen-bond donors (Lipinski definition) is 1. The molecule has 7 heteroatoms. The summed E-state index contributed by atoms with van der Waals surface area (Å²) in [7, 11) is 0. The van der Waals surface area contributed by atoms with Crippen LogP contribution in [0.2, 0.25) is 0 Å². The van der Waals surface area contributed by atoms with E-state index in [-0.39, 0.29) is 18.1 Å². The maximum atomic E-state index is 12.4. The molecule has 2 aromatic rings. The molecular weight excluding hydrogens is 358 g/mol. The van der Waals surface area contributed by atoms with E-state index in [1.54, 1.807) is 11.1 Å². The molecule has 0 unspecified atom stereocenters. The van der Waals surface area contributed by atoms with Crippen molar-refractivity contribution in [2.45, 2.75) is 44.6 Å². The van der Waals surface area contributed by atoms with Crippen molar-refractivity contribution in [1.29, 1.82) is 0 Å². The first-order valence-electron chi connectivity index (χ1n) is 9.99. The first-order valence-corrected chi connectivity index (χ1v) is 9.99. The van der Waals surface area contributed by atoms with Gasteiger partial charge in [-0.15, -0.1) is 0 Å². The molecular formula is C21H23N3O4. The molecule has 2 amide bonds.